The first kappa shape index (κ1) is 18.0. The van der Waals surface area contributed by atoms with Crippen molar-refractivity contribution < 1.29 is 13.5 Å². The standard InChI is InChI=1S/C18H20N2O3S2/c1-14-7-9-16(10-8-14)25(22,23)19-18-20(11-12-24-18)13-17(21)15-5-3-2-4-6-15/h2-10,17,21H,11-13H2,1H3/b19-18-. The van der Waals surface area contributed by atoms with Crippen molar-refractivity contribution in [1.29, 1.82) is 0 Å². The molecule has 7 heteroatoms. The van der Waals surface area contributed by atoms with Crippen LogP contribution < -0.4 is 0 Å². The molecule has 1 saturated heterocycles. The molecule has 1 aliphatic rings. The van der Waals surface area contributed by atoms with E-state index in [4.69, 9.17) is 0 Å². The van der Waals surface area contributed by atoms with Gasteiger partial charge in [-0.3, -0.25) is 0 Å². The highest BCUT2D eigenvalue weighted by Gasteiger charge is 2.25. The fourth-order valence-corrected chi connectivity index (χ4v) is 4.80. The van der Waals surface area contributed by atoms with Crippen LogP contribution in [0.25, 0.3) is 0 Å². The van der Waals surface area contributed by atoms with Gasteiger partial charge in [0.1, 0.15) is 0 Å². The van der Waals surface area contributed by atoms with Crippen molar-refractivity contribution in [2.24, 2.45) is 4.40 Å². The number of sulfonamides is 1. The molecule has 132 valence electrons. The lowest BCUT2D eigenvalue weighted by Gasteiger charge is -2.21. The minimum absolute atomic E-state index is 0.182. The predicted octanol–water partition coefficient (Wildman–Crippen LogP) is 2.82. The number of hydrogen-bond donors (Lipinski definition) is 1. The summed E-state index contributed by atoms with van der Waals surface area (Å²) in [5.74, 6) is 0.754. The highest BCUT2D eigenvalue weighted by Crippen LogP contribution is 2.24. The van der Waals surface area contributed by atoms with Crippen LogP contribution in [0, 0.1) is 6.92 Å². The first-order chi connectivity index (χ1) is 12.0. The van der Waals surface area contributed by atoms with Crippen LogP contribution in [0.5, 0.6) is 0 Å². The fourth-order valence-electron chi connectivity index (χ4n) is 2.54. The van der Waals surface area contributed by atoms with Gasteiger partial charge in [-0.2, -0.15) is 8.42 Å². The molecule has 0 bridgehead atoms. The molecule has 0 amide bonds. The second-order valence-corrected chi connectivity index (χ2v) is 8.55. The van der Waals surface area contributed by atoms with E-state index in [0.717, 1.165) is 16.9 Å². The third kappa shape index (κ3) is 4.42. The monoisotopic (exact) mass is 376 g/mol. The highest BCUT2D eigenvalue weighted by molar-refractivity contribution is 8.14. The van der Waals surface area contributed by atoms with E-state index in [0.29, 0.717) is 18.3 Å². The van der Waals surface area contributed by atoms with Gasteiger partial charge in [0.25, 0.3) is 10.0 Å². The van der Waals surface area contributed by atoms with Crippen LogP contribution in [0.15, 0.2) is 63.9 Å². The number of rotatable bonds is 5. The predicted molar refractivity (Wildman–Crippen MR) is 101 cm³/mol. The number of benzene rings is 2. The Labute approximate surface area is 152 Å². The molecular formula is C18H20N2O3S2. The molecule has 2 aromatic rings. The van der Waals surface area contributed by atoms with Gasteiger partial charge in [-0.1, -0.05) is 59.8 Å². The van der Waals surface area contributed by atoms with E-state index in [-0.39, 0.29) is 4.90 Å². The van der Waals surface area contributed by atoms with E-state index in [9.17, 15) is 13.5 Å². The third-order valence-corrected chi connectivity index (χ3v) is 6.35. The summed E-state index contributed by atoms with van der Waals surface area (Å²) in [5, 5.41) is 10.8. The van der Waals surface area contributed by atoms with Crippen LogP contribution in [-0.4, -0.2) is 42.4 Å². The van der Waals surface area contributed by atoms with Crippen LogP contribution in [0.3, 0.4) is 0 Å². The lowest BCUT2D eigenvalue weighted by molar-refractivity contribution is 0.148. The van der Waals surface area contributed by atoms with Gasteiger partial charge >= 0.3 is 0 Å². The maximum atomic E-state index is 12.5. The lowest BCUT2D eigenvalue weighted by atomic mass is 10.1. The van der Waals surface area contributed by atoms with Gasteiger partial charge in [0.15, 0.2) is 5.17 Å². The van der Waals surface area contributed by atoms with Crippen LogP contribution in [0.2, 0.25) is 0 Å². The van der Waals surface area contributed by atoms with E-state index < -0.39 is 16.1 Å². The molecule has 1 fully saturated rings. The molecule has 0 aromatic heterocycles. The Balaban J connectivity index is 1.78. The molecule has 1 atom stereocenters. The van der Waals surface area contributed by atoms with E-state index in [1.54, 1.807) is 24.3 Å². The van der Waals surface area contributed by atoms with Crippen molar-refractivity contribution in [1.82, 2.24) is 4.90 Å². The van der Waals surface area contributed by atoms with Gasteiger partial charge in [0.05, 0.1) is 17.5 Å². The number of aryl methyl sites for hydroxylation is 1. The normalized spacial score (nSPS) is 17.8. The van der Waals surface area contributed by atoms with Gasteiger partial charge in [0, 0.05) is 12.3 Å². The smallest absolute Gasteiger partial charge is 0.284 e. The van der Waals surface area contributed by atoms with E-state index in [1.165, 1.54) is 11.8 Å². The van der Waals surface area contributed by atoms with Crippen molar-refractivity contribution in [3.05, 3.63) is 65.7 Å². The minimum Gasteiger partial charge on any atom is -0.387 e. The molecule has 25 heavy (non-hydrogen) atoms. The molecule has 0 aliphatic carbocycles. The quantitative estimate of drug-likeness (QED) is 0.869. The summed E-state index contributed by atoms with van der Waals surface area (Å²) in [5.41, 5.74) is 1.80. The maximum absolute atomic E-state index is 12.5. The first-order valence-corrected chi connectivity index (χ1v) is 10.4. The summed E-state index contributed by atoms with van der Waals surface area (Å²) in [7, 11) is -3.75. The topological polar surface area (TPSA) is 70.0 Å². The summed E-state index contributed by atoms with van der Waals surface area (Å²) in [6, 6.07) is 16.0. The first-order valence-electron chi connectivity index (χ1n) is 7.98. The second kappa shape index (κ2) is 7.59. The van der Waals surface area contributed by atoms with Gasteiger partial charge in [-0.25, -0.2) is 0 Å². The highest BCUT2D eigenvalue weighted by atomic mass is 32.2. The second-order valence-electron chi connectivity index (χ2n) is 5.88. The van der Waals surface area contributed by atoms with Crippen molar-refractivity contribution >= 4 is 27.0 Å². The van der Waals surface area contributed by atoms with Crippen LogP contribution in [0.4, 0.5) is 0 Å². The van der Waals surface area contributed by atoms with Crippen molar-refractivity contribution in [2.45, 2.75) is 17.9 Å². The zero-order valence-electron chi connectivity index (χ0n) is 13.9. The molecule has 1 N–H and O–H groups in total. The van der Waals surface area contributed by atoms with Crippen LogP contribution in [-0.2, 0) is 10.0 Å². The molecule has 1 unspecified atom stereocenters. The number of amidine groups is 1. The van der Waals surface area contributed by atoms with E-state index in [2.05, 4.69) is 4.40 Å². The van der Waals surface area contributed by atoms with Crippen LogP contribution >= 0.6 is 11.8 Å². The number of β-amino-alcohol motifs (C(OH)–C–C–N with tert-alkyl or cyclic N) is 1. The zero-order chi connectivity index (χ0) is 17.9. The number of hydrogen-bond acceptors (Lipinski definition) is 4. The summed E-state index contributed by atoms with van der Waals surface area (Å²) in [6.45, 7) is 2.89. The Morgan fingerprint density at radius 1 is 1.16 bits per heavy atom. The van der Waals surface area contributed by atoms with Gasteiger partial charge in [0.2, 0.25) is 0 Å². The molecule has 2 aromatic carbocycles. The summed E-state index contributed by atoms with van der Waals surface area (Å²) in [4.78, 5) is 2.01. The van der Waals surface area contributed by atoms with E-state index >= 15 is 0 Å². The molecule has 0 saturated carbocycles. The van der Waals surface area contributed by atoms with Crippen molar-refractivity contribution in [3.8, 4) is 0 Å². The zero-order valence-corrected chi connectivity index (χ0v) is 15.5. The molecule has 0 spiro atoms. The minimum atomic E-state index is -3.75. The molecule has 3 rings (SSSR count). The molecule has 1 aliphatic heterocycles. The maximum Gasteiger partial charge on any atom is 0.284 e. The van der Waals surface area contributed by atoms with Crippen molar-refractivity contribution in [2.75, 3.05) is 18.8 Å². The summed E-state index contributed by atoms with van der Waals surface area (Å²) >= 11 is 1.40. The molecular weight excluding hydrogens is 356 g/mol. The Morgan fingerprint density at radius 3 is 2.52 bits per heavy atom. The number of nitrogens with zero attached hydrogens (tertiary/aromatic N) is 2. The van der Waals surface area contributed by atoms with Crippen molar-refractivity contribution in [3.63, 3.8) is 0 Å². The molecule has 1 heterocycles. The van der Waals surface area contributed by atoms with Gasteiger partial charge in [-0.05, 0) is 24.6 Å². The van der Waals surface area contributed by atoms with Crippen LogP contribution in [0.1, 0.15) is 17.2 Å². The summed E-state index contributed by atoms with van der Waals surface area (Å²) < 4.78 is 29.0. The van der Waals surface area contributed by atoms with E-state index in [1.807, 2.05) is 42.2 Å². The Kier molecular flexibility index (Phi) is 5.46. The van der Waals surface area contributed by atoms with Gasteiger partial charge in [-0.15, -0.1) is 4.40 Å². The number of thioether (sulfide) groups is 1. The Morgan fingerprint density at radius 2 is 1.84 bits per heavy atom. The average Bonchev–Trinajstić information content (AvgIpc) is 3.02. The SMILES string of the molecule is Cc1ccc(S(=O)(=O)/N=C2\SCCN2CC(O)c2ccccc2)cc1. The number of aliphatic hydroxyl groups is 1. The van der Waals surface area contributed by atoms with Gasteiger partial charge < -0.3 is 10.0 Å². The lowest BCUT2D eigenvalue weighted by Crippen LogP contribution is -2.30. The molecule has 0 radical (unpaired) electrons. The summed E-state index contributed by atoms with van der Waals surface area (Å²) in [6.07, 6.45) is -0.688. The third-order valence-electron chi connectivity index (χ3n) is 3.96. The number of aliphatic hydroxyl groups excluding tert-OH is 1. The largest absolute Gasteiger partial charge is 0.387 e. The Hall–Kier alpha value is -1.83. The fraction of sp³-hybridized carbons (Fsp3) is 0.278. The average molecular weight is 377 g/mol. The molecule has 5 nitrogen and oxygen atoms in total. The Bertz CT molecular complexity index is 850.